The Bertz CT molecular complexity index is 441. The van der Waals surface area contributed by atoms with Crippen LogP contribution in [-0.2, 0) is 0 Å². The number of benzene rings is 1. The highest BCUT2D eigenvalue weighted by atomic mass is 16.6. The molecule has 0 saturated carbocycles. The quantitative estimate of drug-likeness (QED) is 0.645. The molecule has 2 rings (SSSR count). The van der Waals surface area contributed by atoms with Crippen molar-refractivity contribution < 1.29 is 4.92 Å². The van der Waals surface area contributed by atoms with Crippen LogP contribution in [-0.4, -0.2) is 61.5 Å². The molecule has 1 aromatic carbocycles. The zero-order valence-corrected chi connectivity index (χ0v) is 12.1. The predicted molar refractivity (Wildman–Crippen MR) is 78.8 cm³/mol. The molecule has 1 saturated heterocycles. The van der Waals surface area contributed by atoms with Gasteiger partial charge >= 0.3 is 0 Å². The number of likely N-dealkylation sites (N-methyl/N-ethyl adjacent to an activating group) is 1. The number of non-ortho nitro benzene ring substituents is 1. The predicted octanol–water partition coefficient (Wildman–Crippen LogP) is 1.10. The minimum Gasteiger partial charge on any atom is -0.314 e. The van der Waals surface area contributed by atoms with Crippen molar-refractivity contribution in [2.75, 3.05) is 46.8 Å². The molecule has 6 heteroatoms. The lowest BCUT2D eigenvalue weighted by Gasteiger charge is -2.34. The van der Waals surface area contributed by atoms with E-state index < -0.39 is 0 Å². The standard InChI is InChI=1S/C14H22N4O2/c1-16(2)14(11-17-9-7-15-8-10-17)12-3-5-13(6-4-12)18(19)20/h3-6,14-15H,7-11H2,1-2H3. The van der Waals surface area contributed by atoms with Crippen molar-refractivity contribution in [3.63, 3.8) is 0 Å². The average Bonchev–Trinajstić information content (AvgIpc) is 2.45. The molecule has 6 nitrogen and oxygen atoms in total. The van der Waals surface area contributed by atoms with Crippen LogP contribution in [0.25, 0.3) is 0 Å². The third kappa shape index (κ3) is 3.75. The van der Waals surface area contributed by atoms with Crippen LogP contribution in [0.1, 0.15) is 11.6 Å². The fourth-order valence-corrected chi connectivity index (χ4v) is 2.52. The van der Waals surface area contributed by atoms with E-state index in [9.17, 15) is 10.1 Å². The molecule has 0 amide bonds. The molecule has 1 heterocycles. The normalized spacial score (nSPS) is 18.1. The molecule has 1 aliphatic heterocycles. The number of nitro groups is 1. The third-order valence-corrected chi connectivity index (χ3v) is 3.75. The van der Waals surface area contributed by atoms with E-state index in [1.54, 1.807) is 12.1 Å². The van der Waals surface area contributed by atoms with Gasteiger partial charge in [-0.3, -0.25) is 15.0 Å². The van der Waals surface area contributed by atoms with Crippen LogP contribution in [0.15, 0.2) is 24.3 Å². The number of hydrogen-bond donors (Lipinski definition) is 1. The fraction of sp³-hybridized carbons (Fsp3) is 0.571. The monoisotopic (exact) mass is 278 g/mol. The Kier molecular flexibility index (Phi) is 5.05. The first-order valence-corrected chi connectivity index (χ1v) is 6.92. The van der Waals surface area contributed by atoms with Crippen LogP contribution >= 0.6 is 0 Å². The number of hydrogen-bond acceptors (Lipinski definition) is 5. The van der Waals surface area contributed by atoms with Gasteiger partial charge in [-0.05, 0) is 19.7 Å². The lowest BCUT2D eigenvalue weighted by atomic mass is 10.0. The van der Waals surface area contributed by atoms with Gasteiger partial charge in [-0.15, -0.1) is 0 Å². The summed E-state index contributed by atoms with van der Waals surface area (Å²) in [5, 5.41) is 14.1. The average molecular weight is 278 g/mol. The number of piperazine rings is 1. The van der Waals surface area contributed by atoms with Crippen molar-refractivity contribution in [2.45, 2.75) is 6.04 Å². The lowest BCUT2D eigenvalue weighted by Crippen LogP contribution is -2.46. The van der Waals surface area contributed by atoms with Gasteiger partial charge in [-0.2, -0.15) is 0 Å². The summed E-state index contributed by atoms with van der Waals surface area (Å²) >= 11 is 0. The van der Waals surface area contributed by atoms with Gasteiger partial charge in [0.15, 0.2) is 0 Å². The van der Waals surface area contributed by atoms with Crippen molar-refractivity contribution in [1.29, 1.82) is 0 Å². The molecule has 1 aromatic rings. The summed E-state index contributed by atoms with van der Waals surface area (Å²) in [6.07, 6.45) is 0. The van der Waals surface area contributed by atoms with Crippen molar-refractivity contribution in [3.8, 4) is 0 Å². The minimum atomic E-state index is -0.356. The zero-order chi connectivity index (χ0) is 14.5. The molecule has 1 atom stereocenters. The maximum Gasteiger partial charge on any atom is 0.269 e. The molecule has 0 aromatic heterocycles. The summed E-state index contributed by atoms with van der Waals surface area (Å²) in [5.41, 5.74) is 1.27. The van der Waals surface area contributed by atoms with Crippen molar-refractivity contribution in [3.05, 3.63) is 39.9 Å². The summed E-state index contributed by atoms with van der Waals surface area (Å²) in [4.78, 5) is 15.0. The van der Waals surface area contributed by atoms with Crippen LogP contribution in [0, 0.1) is 10.1 Å². The Labute approximate surface area is 119 Å². The van der Waals surface area contributed by atoms with Crippen molar-refractivity contribution in [2.24, 2.45) is 0 Å². The molecule has 1 unspecified atom stereocenters. The summed E-state index contributed by atoms with van der Waals surface area (Å²) in [6, 6.07) is 7.16. The molecule has 0 spiro atoms. The minimum absolute atomic E-state index is 0.147. The van der Waals surface area contributed by atoms with Crippen LogP contribution in [0.3, 0.4) is 0 Å². The Morgan fingerprint density at radius 2 is 1.90 bits per heavy atom. The highest BCUT2D eigenvalue weighted by Crippen LogP contribution is 2.22. The zero-order valence-electron chi connectivity index (χ0n) is 12.1. The van der Waals surface area contributed by atoms with Gasteiger partial charge in [-0.25, -0.2) is 0 Å². The SMILES string of the molecule is CN(C)C(CN1CCNCC1)c1ccc([N+](=O)[O-])cc1. The van der Waals surface area contributed by atoms with Gasteiger partial charge in [0.25, 0.3) is 5.69 Å². The van der Waals surface area contributed by atoms with Crippen molar-refractivity contribution in [1.82, 2.24) is 15.1 Å². The first-order valence-electron chi connectivity index (χ1n) is 6.92. The van der Waals surface area contributed by atoms with E-state index in [0.717, 1.165) is 38.3 Å². The first kappa shape index (κ1) is 14.9. The Balaban J connectivity index is 2.09. The molecule has 1 N–H and O–H groups in total. The van der Waals surface area contributed by atoms with E-state index in [0.29, 0.717) is 0 Å². The summed E-state index contributed by atoms with van der Waals surface area (Å²) in [6.45, 7) is 5.11. The van der Waals surface area contributed by atoms with Crippen LogP contribution in [0.2, 0.25) is 0 Å². The molecule has 1 aliphatic rings. The lowest BCUT2D eigenvalue weighted by molar-refractivity contribution is -0.384. The van der Waals surface area contributed by atoms with Gasteiger partial charge in [0.05, 0.1) is 4.92 Å². The summed E-state index contributed by atoms with van der Waals surface area (Å²) in [7, 11) is 4.10. The molecular weight excluding hydrogens is 256 g/mol. The molecule has 1 fully saturated rings. The topological polar surface area (TPSA) is 61.6 Å². The van der Waals surface area contributed by atoms with Gasteiger partial charge < -0.3 is 10.2 Å². The Hall–Kier alpha value is -1.50. The Morgan fingerprint density at radius 1 is 1.30 bits per heavy atom. The first-order chi connectivity index (χ1) is 9.58. The van der Waals surface area contributed by atoms with E-state index in [1.807, 2.05) is 26.2 Å². The fourth-order valence-electron chi connectivity index (χ4n) is 2.52. The van der Waals surface area contributed by atoms with Crippen LogP contribution < -0.4 is 5.32 Å². The number of nitrogens with one attached hydrogen (secondary N) is 1. The maximum absolute atomic E-state index is 10.7. The van der Waals surface area contributed by atoms with Gasteiger partial charge in [0.1, 0.15) is 0 Å². The van der Waals surface area contributed by atoms with Gasteiger partial charge in [0, 0.05) is 50.9 Å². The largest absolute Gasteiger partial charge is 0.314 e. The highest BCUT2D eigenvalue weighted by molar-refractivity contribution is 5.34. The second-order valence-electron chi connectivity index (χ2n) is 5.38. The molecule has 20 heavy (non-hydrogen) atoms. The second kappa shape index (κ2) is 6.78. The third-order valence-electron chi connectivity index (χ3n) is 3.75. The smallest absolute Gasteiger partial charge is 0.269 e. The van der Waals surface area contributed by atoms with E-state index in [4.69, 9.17) is 0 Å². The summed E-state index contributed by atoms with van der Waals surface area (Å²) in [5.74, 6) is 0. The number of nitro benzene ring substituents is 1. The van der Waals surface area contributed by atoms with E-state index >= 15 is 0 Å². The van der Waals surface area contributed by atoms with Gasteiger partial charge in [-0.1, -0.05) is 12.1 Å². The van der Waals surface area contributed by atoms with E-state index in [2.05, 4.69) is 15.1 Å². The van der Waals surface area contributed by atoms with Gasteiger partial charge in [0.2, 0.25) is 0 Å². The van der Waals surface area contributed by atoms with Crippen molar-refractivity contribution >= 4 is 5.69 Å². The highest BCUT2D eigenvalue weighted by Gasteiger charge is 2.20. The molecule has 110 valence electrons. The summed E-state index contributed by atoms with van der Waals surface area (Å²) < 4.78 is 0. The van der Waals surface area contributed by atoms with Crippen LogP contribution in [0.4, 0.5) is 5.69 Å². The van der Waals surface area contributed by atoms with Crippen LogP contribution in [0.5, 0.6) is 0 Å². The number of rotatable bonds is 5. The van der Waals surface area contributed by atoms with E-state index in [-0.39, 0.29) is 16.7 Å². The molecule has 0 aliphatic carbocycles. The Morgan fingerprint density at radius 3 is 2.40 bits per heavy atom. The number of nitrogens with zero attached hydrogens (tertiary/aromatic N) is 3. The second-order valence-corrected chi connectivity index (χ2v) is 5.38. The molecular formula is C14H22N4O2. The molecule has 0 bridgehead atoms. The molecule has 0 radical (unpaired) electrons. The van der Waals surface area contributed by atoms with E-state index in [1.165, 1.54) is 0 Å². The maximum atomic E-state index is 10.7.